The molecule has 6 heteroatoms. The van der Waals surface area contributed by atoms with Crippen LogP contribution in [0.4, 0.5) is 5.82 Å². The van der Waals surface area contributed by atoms with E-state index in [9.17, 15) is 0 Å². The zero-order valence-corrected chi connectivity index (χ0v) is 16.7. The van der Waals surface area contributed by atoms with Crippen molar-refractivity contribution >= 4 is 17.4 Å². The smallest absolute Gasteiger partial charge is 0.224 e. The molecule has 2 aromatic rings. The number of nitrogens with zero attached hydrogens (tertiary/aromatic N) is 5. The molecule has 1 aliphatic carbocycles. The lowest BCUT2D eigenvalue weighted by Gasteiger charge is -2.33. The Morgan fingerprint density at radius 1 is 1.18 bits per heavy atom. The predicted molar refractivity (Wildman–Crippen MR) is 109 cm³/mol. The zero-order chi connectivity index (χ0) is 19.1. The molecule has 144 valence electrons. The molecule has 0 saturated carbocycles. The molecular weight excluding hydrogens is 370 g/mol. The summed E-state index contributed by atoms with van der Waals surface area (Å²) in [5.41, 5.74) is 5.24. The number of hydrogen-bond donors (Lipinski definition) is 0. The highest BCUT2D eigenvalue weighted by molar-refractivity contribution is 6.28. The lowest BCUT2D eigenvalue weighted by Crippen LogP contribution is -2.36. The molecule has 3 heterocycles. The van der Waals surface area contributed by atoms with Gasteiger partial charge in [-0.2, -0.15) is 5.26 Å². The molecule has 2 aliphatic heterocycles. The first-order chi connectivity index (χ1) is 13.7. The van der Waals surface area contributed by atoms with Crippen molar-refractivity contribution < 1.29 is 0 Å². The summed E-state index contributed by atoms with van der Waals surface area (Å²) < 4.78 is 0. The van der Waals surface area contributed by atoms with E-state index in [1.54, 1.807) is 0 Å². The summed E-state index contributed by atoms with van der Waals surface area (Å²) in [5, 5.41) is 9.43. The molecule has 2 atom stereocenters. The van der Waals surface area contributed by atoms with Crippen molar-refractivity contribution in [3.8, 4) is 6.07 Å². The van der Waals surface area contributed by atoms with Crippen molar-refractivity contribution in [1.29, 1.82) is 5.26 Å². The molecule has 1 saturated heterocycles. The molecule has 1 aromatic heterocycles. The maximum Gasteiger partial charge on any atom is 0.224 e. The molecule has 0 N–H and O–H groups in total. The topological polar surface area (TPSA) is 56.1 Å². The number of halogens is 1. The predicted octanol–water partition coefficient (Wildman–Crippen LogP) is 4.26. The van der Waals surface area contributed by atoms with Gasteiger partial charge in [0.1, 0.15) is 5.82 Å². The van der Waals surface area contributed by atoms with E-state index in [4.69, 9.17) is 16.9 Å². The fourth-order valence-corrected chi connectivity index (χ4v) is 5.36. The average molecular weight is 394 g/mol. The molecule has 0 bridgehead atoms. The molecule has 3 aliphatic rings. The first kappa shape index (κ1) is 17.9. The summed E-state index contributed by atoms with van der Waals surface area (Å²) in [5.74, 6) is 1.41. The Balaban J connectivity index is 1.42. The van der Waals surface area contributed by atoms with Crippen molar-refractivity contribution in [3.63, 3.8) is 0 Å². The third-order valence-corrected chi connectivity index (χ3v) is 6.67. The van der Waals surface area contributed by atoms with Gasteiger partial charge in [-0.3, -0.25) is 4.90 Å². The molecule has 0 spiro atoms. The van der Waals surface area contributed by atoms with Gasteiger partial charge in [-0.25, -0.2) is 9.97 Å². The monoisotopic (exact) mass is 393 g/mol. The molecule has 1 aromatic carbocycles. The van der Waals surface area contributed by atoms with Crippen molar-refractivity contribution in [3.05, 3.63) is 51.9 Å². The summed E-state index contributed by atoms with van der Waals surface area (Å²) in [4.78, 5) is 14.1. The van der Waals surface area contributed by atoms with Crippen LogP contribution in [0.2, 0.25) is 5.28 Å². The third kappa shape index (κ3) is 3.15. The lowest BCUT2D eigenvalue weighted by molar-refractivity contribution is 0.199. The summed E-state index contributed by atoms with van der Waals surface area (Å²) in [6.45, 7) is 3.58. The van der Waals surface area contributed by atoms with Gasteiger partial charge in [-0.05, 0) is 54.3 Å². The van der Waals surface area contributed by atoms with Crippen LogP contribution >= 0.6 is 11.6 Å². The van der Waals surface area contributed by atoms with Crippen molar-refractivity contribution in [2.45, 2.75) is 51.2 Å². The minimum Gasteiger partial charge on any atom is -0.356 e. The van der Waals surface area contributed by atoms with Gasteiger partial charge >= 0.3 is 0 Å². The van der Waals surface area contributed by atoms with Crippen LogP contribution in [-0.4, -0.2) is 28.0 Å². The van der Waals surface area contributed by atoms with Gasteiger partial charge < -0.3 is 4.90 Å². The van der Waals surface area contributed by atoms with Gasteiger partial charge in [0.2, 0.25) is 5.28 Å². The number of aromatic nitrogens is 2. The highest BCUT2D eigenvalue weighted by Gasteiger charge is 2.35. The quantitative estimate of drug-likeness (QED) is 0.729. The maximum atomic E-state index is 9.09. The molecular formula is C22H24ClN5. The van der Waals surface area contributed by atoms with E-state index in [1.807, 2.05) is 0 Å². The minimum atomic E-state index is 0.338. The number of piperidine rings is 1. The molecule has 1 fully saturated rings. The molecule has 5 rings (SSSR count). The molecule has 28 heavy (non-hydrogen) atoms. The van der Waals surface area contributed by atoms with Gasteiger partial charge in [0, 0.05) is 44.2 Å². The average Bonchev–Trinajstić information content (AvgIpc) is 3.31. The number of nitriles is 1. The Morgan fingerprint density at radius 3 is 2.96 bits per heavy atom. The Bertz CT molecular complexity index is 937. The largest absolute Gasteiger partial charge is 0.356 e. The summed E-state index contributed by atoms with van der Waals surface area (Å²) in [7, 11) is 0. The second-order valence-electron chi connectivity index (χ2n) is 8.22. The standard InChI is InChI=1S/C22H24ClN5/c23-22-25-19-14-28(20-8-7-16-5-1-2-6-17(16)20)13-18(19)21(26-22)27-11-3-4-15(12-27)9-10-24/h1-2,5-6,15,20H,3-4,7-9,11-14H2/t15-,20?/m0/s1. The van der Waals surface area contributed by atoms with Crippen LogP contribution in [0.1, 0.15) is 54.1 Å². The van der Waals surface area contributed by atoms with E-state index in [2.05, 4.69) is 50.1 Å². The molecule has 5 nitrogen and oxygen atoms in total. The fourth-order valence-electron chi connectivity index (χ4n) is 5.18. The van der Waals surface area contributed by atoms with E-state index in [-0.39, 0.29) is 0 Å². The summed E-state index contributed by atoms with van der Waals surface area (Å²) in [6, 6.07) is 11.6. The Hall–Kier alpha value is -2.16. The van der Waals surface area contributed by atoms with Crippen LogP contribution in [0.3, 0.4) is 0 Å². The van der Waals surface area contributed by atoms with Crippen LogP contribution in [0.5, 0.6) is 0 Å². The maximum absolute atomic E-state index is 9.09. The van der Waals surface area contributed by atoms with Crippen LogP contribution in [0.25, 0.3) is 0 Å². The number of rotatable bonds is 3. The highest BCUT2D eigenvalue weighted by atomic mass is 35.5. The second-order valence-corrected chi connectivity index (χ2v) is 8.55. The SMILES string of the molecule is N#CC[C@@H]1CCCN(c2nc(Cl)nc3c2CN(C2CCc4ccccc42)C3)C1. The lowest BCUT2D eigenvalue weighted by atomic mass is 9.95. The minimum absolute atomic E-state index is 0.338. The Kier molecular flexibility index (Phi) is 4.70. The van der Waals surface area contributed by atoms with Crippen molar-refractivity contribution in [1.82, 2.24) is 14.9 Å². The number of benzene rings is 1. The normalized spacial score (nSPS) is 24.1. The van der Waals surface area contributed by atoms with Crippen LogP contribution < -0.4 is 4.90 Å². The number of fused-ring (bicyclic) bond motifs is 2. The number of hydrogen-bond acceptors (Lipinski definition) is 5. The van der Waals surface area contributed by atoms with E-state index in [0.717, 1.165) is 63.4 Å². The highest BCUT2D eigenvalue weighted by Crippen LogP contribution is 2.42. The third-order valence-electron chi connectivity index (χ3n) is 6.50. The van der Waals surface area contributed by atoms with E-state index < -0.39 is 0 Å². The Morgan fingerprint density at radius 2 is 2.07 bits per heavy atom. The fraction of sp³-hybridized carbons (Fsp3) is 0.500. The van der Waals surface area contributed by atoms with Crippen LogP contribution in [0.15, 0.2) is 24.3 Å². The van der Waals surface area contributed by atoms with E-state index >= 15 is 0 Å². The van der Waals surface area contributed by atoms with Crippen molar-refractivity contribution in [2.24, 2.45) is 5.92 Å². The van der Waals surface area contributed by atoms with Gasteiger partial charge in [0.15, 0.2) is 0 Å². The first-order valence-electron chi connectivity index (χ1n) is 10.2. The van der Waals surface area contributed by atoms with E-state index in [0.29, 0.717) is 23.7 Å². The van der Waals surface area contributed by atoms with Gasteiger partial charge in [-0.15, -0.1) is 0 Å². The molecule has 1 unspecified atom stereocenters. The number of anilines is 1. The molecule has 0 amide bonds. The van der Waals surface area contributed by atoms with Gasteiger partial charge in [0.05, 0.1) is 11.8 Å². The van der Waals surface area contributed by atoms with Gasteiger partial charge in [0.25, 0.3) is 0 Å². The van der Waals surface area contributed by atoms with Gasteiger partial charge in [-0.1, -0.05) is 24.3 Å². The first-order valence-corrected chi connectivity index (χ1v) is 10.6. The van der Waals surface area contributed by atoms with Crippen LogP contribution in [0, 0.1) is 17.2 Å². The number of aryl methyl sites for hydroxylation is 1. The zero-order valence-electron chi connectivity index (χ0n) is 15.9. The molecule has 0 radical (unpaired) electrons. The Labute approximate surface area is 171 Å². The van der Waals surface area contributed by atoms with Crippen LogP contribution in [-0.2, 0) is 19.5 Å². The van der Waals surface area contributed by atoms with Crippen molar-refractivity contribution in [2.75, 3.05) is 18.0 Å². The summed E-state index contributed by atoms with van der Waals surface area (Å²) >= 11 is 6.31. The van der Waals surface area contributed by atoms with E-state index in [1.165, 1.54) is 16.7 Å². The summed E-state index contributed by atoms with van der Waals surface area (Å²) in [6.07, 6.45) is 5.15. The second kappa shape index (κ2) is 7.35.